The van der Waals surface area contributed by atoms with Gasteiger partial charge in [-0.1, -0.05) is 0 Å². The summed E-state index contributed by atoms with van der Waals surface area (Å²) >= 11 is 1.53. The van der Waals surface area contributed by atoms with Gasteiger partial charge in [-0.3, -0.25) is 4.98 Å². The molecule has 0 amide bonds. The van der Waals surface area contributed by atoms with Crippen molar-refractivity contribution in [3.8, 4) is 22.8 Å². The fraction of sp³-hybridized carbons (Fsp3) is 0.125. The quantitative estimate of drug-likeness (QED) is 0.772. The van der Waals surface area contributed by atoms with Crippen molar-refractivity contribution < 1.29 is 9.47 Å². The molecule has 3 aromatic rings. The smallest absolute Gasteiger partial charge is 0.187 e. The third-order valence-corrected chi connectivity index (χ3v) is 3.87. The van der Waals surface area contributed by atoms with E-state index >= 15 is 0 Å². The number of hydrogen-bond acceptors (Lipinski definition) is 6. The van der Waals surface area contributed by atoms with Crippen molar-refractivity contribution in [3.63, 3.8) is 0 Å². The fourth-order valence-electron chi connectivity index (χ4n) is 2.00. The van der Waals surface area contributed by atoms with Gasteiger partial charge in [-0.2, -0.15) is 0 Å². The van der Waals surface area contributed by atoms with Gasteiger partial charge >= 0.3 is 0 Å². The molecule has 2 aromatic heterocycles. The summed E-state index contributed by atoms with van der Waals surface area (Å²) in [5, 5.41) is 6.05. The zero-order valence-corrected chi connectivity index (χ0v) is 13.1. The second-order valence-corrected chi connectivity index (χ2v) is 5.33. The van der Waals surface area contributed by atoms with Gasteiger partial charge in [0.15, 0.2) is 5.13 Å². The monoisotopic (exact) mass is 313 g/mol. The van der Waals surface area contributed by atoms with E-state index in [0.717, 1.165) is 33.6 Å². The average Bonchev–Trinajstić information content (AvgIpc) is 3.04. The predicted octanol–water partition coefficient (Wildman–Crippen LogP) is 3.97. The van der Waals surface area contributed by atoms with Crippen LogP contribution in [-0.2, 0) is 0 Å². The van der Waals surface area contributed by atoms with E-state index in [-0.39, 0.29) is 0 Å². The molecule has 0 aliphatic rings. The highest BCUT2D eigenvalue weighted by atomic mass is 32.1. The summed E-state index contributed by atoms with van der Waals surface area (Å²) in [6.07, 6.45) is 3.54. The normalized spacial score (nSPS) is 10.3. The molecular weight excluding hydrogens is 298 g/mol. The Bertz CT molecular complexity index is 759. The zero-order valence-electron chi connectivity index (χ0n) is 12.2. The van der Waals surface area contributed by atoms with Crippen LogP contribution >= 0.6 is 11.3 Å². The number of benzene rings is 1. The van der Waals surface area contributed by atoms with Crippen LogP contribution in [0.4, 0.5) is 10.8 Å². The number of aromatic nitrogens is 2. The topological polar surface area (TPSA) is 56.3 Å². The molecule has 112 valence electrons. The van der Waals surface area contributed by atoms with Gasteiger partial charge in [-0.25, -0.2) is 4.98 Å². The Kier molecular flexibility index (Phi) is 4.20. The number of nitrogens with one attached hydrogen (secondary N) is 1. The molecule has 0 fully saturated rings. The first-order chi connectivity index (χ1) is 10.8. The molecular formula is C16H15N3O2S. The highest BCUT2D eigenvalue weighted by Crippen LogP contribution is 2.33. The number of thiazole rings is 1. The summed E-state index contributed by atoms with van der Waals surface area (Å²) < 4.78 is 10.6. The second-order valence-electron chi connectivity index (χ2n) is 4.47. The molecule has 0 bridgehead atoms. The summed E-state index contributed by atoms with van der Waals surface area (Å²) in [5.41, 5.74) is 2.70. The van der Waals surface area contributed by atoms with Gasteiger partial charge in [-0.15, -0.1) is 11.3 Å². The summed E-state index contributed by atoms with van der Waals surface area (Å²) in [7, 11) is 3.27. The van der Waals surface area contributed by atoms with Crippen LogP contribution in [0.25, 0.3) is 11.3 Å². The lowest BCUT2D eigenvalue weighted by Gasteiger charge is -2.10. The van der Waals surface area contributed by atoms with E-state index in [0.29, 0.717) is 0 Å². The van der Waals surface area contributed by atoms with E-state index in [1.54, 1.807) is 26.6 Å². The van der Waals surface area contributed by atoms with Crippen LogP contribution in [0, 0.1) is 0 Å². The number of pyridine rings is 1. The molecule has 0 saturated carbocycles. The Balaban J connectivity index is 1.86. The van der Waals surface area contributed by atoms with Crippen molar-refractivity contribution in [1.82, 2.24) is 9.97 Å². The average molecular weight is 313 g/mol. The lowest BCUT2D eigenvalue weighted by molar-refractivity contribution is 0.405. The predicted molar refractivity (Wildman–Crippen MR) is 88.2 cm³/mol. The number of anilines is 2. The number of nitrogens with zero attached hydrogens (tertiary/aromatic N) is 2. The van der Waals surface area contributed by atoms with Crippen molar-refractivity contribution in [3.05, 3.63) is 48.1 Å². The molecule has 1 aromatic carbocycles. The van der Waals surface area contributed by atoms with Crippen molar-refractivity contribution in [2.24, 2.45) is 0 Å². The Morgan fingerprint density at radius 1 is 1.14 bits per heavy atom. The molecule has 0 aliphatic heterocycles. The zero-order chi connectivity index (χ0) is 15.4. The largest absolute Gasteiger partial charge is 0.497 e. The maximum Gasteiger partial charge on any atom is 0.187 e. The third kappa shape index (κ3) is 3.01. The van der Waals surface area contributed by atoms with Gasteiger partial charge in [0.05, 0.1) is 25.6 Å². The highest BCUT2D eigenvalue weighted by molar-refractivity contribution is 7.14. The number of hydrogen-bond donors (Lipinski definition) is 1. The minimum atomic E-state index is 0.735. The van der Waals surface area contributed by atoms with Crippen molar-refractivity contribution >= 4 is 22.2 Å². The van der Waals surface area contributed by atoms with Crippen LogP contribution in [0.2, 0.25) is 0 Å². The molecule has 0 atom stereocenters. The molecule has 0 unspecified atom stereocenters. The first kappa shape index (κ1) is 14.3. The third-order valence-electron chi connectivity index (χ3n) is 3.11. The van der Waals surface area contributed by atoms with E-state index in [1.165, 1.54) is 11.3 Å². The summed E-state index contributed by atoms with van der Waals surface area (Å²) in [6, 6.07) is 9.47. The SMILES string of the molecule is COc1ccc(OC)c(Nc2nc(-c3cccnc3)cs2)c1. The van der Waals surface area contributed by atoms with Crippen LogP contribution in [0.5, 0.6) is 11.5 Å². The van der Waals surface area contributed by atoms with E-state index in [9.17, 15) is 0 Å². The molecule has 0 aliphatic carbocycles. The number of rotatable bonds is 5. The molecule has 0 spiro atoms. The van der Waals surface area contributed by atoms with Crippen LogP contribution in [0.3, 0.4) is 0 Å². The molecule has 22 heavy (non-hydrogen) atoms. The van der Waals surface area contributed by atoms with Gasteiger partial charge < -0.3 is 14.8 Å². The van der Waals surface area contributed by atoms with E-state index in [4.69, 9.17) is 9.47 Å². The Labute approximate surface area is 132 Å². The van der Waals surface area contributed by atoms with Gasteiger partial charge in [0.1, 0.15) is 11.5 Å². The van der Waals surface area contributed by atoms with Crippen molar-refractivity contribution in [2.45, 2.75) is 0 Å². The minimum absolute atomic E-state index is 0.735. The minimum Gasteiger partial charge on any atom is -0.497 e. The van der Waals surface area contributed by atoms with Gasteiger partial charge in [0.2, 0.25) is 0 Å². The summed E-state index contributed by atoms with van der Waals surface area (Å²) in [6.45, 7) is 0. The van der Waals surface area contributed by atoms with E-state index in [1.807, 2.05) is 35.7 Å². The standard InChI is InChI=1S/C16H15N3O2S/c1-20-12-5-6-15(21-2)13(8-12)18-16-19-14(10-22-16)11-4-3-7-17-9-11/h3-10H,1-2H3,(H,18,19). The summed E-state index contributed by atoms with van der Waals surface area (Å²) in [5.74, 6) is 1.49. The molecule has 3 rings (SSSR count). The lowest BCUT2D eigenvalue weighted by Crippen LogP contribution is -1.95. The maximum atomic E-state index is 5.36. The van der Waals surface area contributed by atoms with Crippen LogP contribution in [0.15, 0.2) is 48.1 Å². The molecule has 1 N–H and O–H groups in total. The lowest BCUT2D eigenvalue weighted by atomic mass is 10.2. The Hall–Kier alpha value is -2.60. The number of ether oxygens (including phenoxy) is 2. The van der Waals surface area contributed by atoms with E-state index in [2.05, 4.69) is 15.3 Å². The second kappa shape index (κ2) is 6.44. The first-order valence-corrected chi connectivity index (χ1v) is 7.53. The van der Waals surface area contributed by atoms with Gasteiger partial charge in [0, 0.05) is 29.4 Å². The summed E-state index contributed by atoms with van der Waals surface area (Å²) in [4.78, 5) is 8.69. The molecule has 2 heterocycles. The number of methoxy groups -OCH3 is 2. The van der Waals surface area contributed by atoms with Gasteiger partial charge in [-0.05, 0) is 24.3 Å². The van der Waals surface area contributed by atoms with Crippen molar-refractivity contribution in [1.29, 1.82) is 0 Å². The first-order valence-electron chi connectivity index (χ1n) is 6.65. The van der Waals surface area contributed by atoms with Crippen LogP contribution < -0.4 is 14.8 Å². The fourth-order valence-corrected chi connectivity index (χ4v) is 2.74. The molecule has 5 nitrogen and oxygen atoms in total. The molecule has 0 radical (unpaired) electrons. The van der Waals surface area contributed by atoms with E-state index < -0.39 is 0 Å². The van der Waals surface area contributed by atoms with Gasteiger partial charge in [0.25, 0.3) is 0 Å². The van der Waals surface area contributed by atoms with Crippen molar-refractivity contribution in [2.75, 3.05) is 19.5 Å². The molecule has 6 heteroatoms. The Morgan fingerprint density at radius 2 is 2.05 bits per heavy atom. The molecule has 0 saturated heterocycles. The van der Waals surface area contributed by atoms with Crippen LogP contribution in [0.1, 0.15) is 0 Å². The van der Waals surface area contributed by atoms with Crippen LogP contribution in [-0.4, -0.2) is 24.2 Å². The highest BCUT2D eigenvalue weighted by Gasteiger charge is 2.09. The Morgan fingerprint density at radius 3 is 2.77 bits per heavy atom. The maximum absolute atomic E-state index is 5.36.